The number of benzene rings is 1. The van der Waals surface area contributed by atoms with Gasteiger partial charge in [0.05, 0.1) is 0 Å². The van der Waals surface area contributed by atoms with Gasteiger partial charge in [-0.25, -0.2) is 0 Å². The maximum atomic E-state index is 12.2. The summed E-state index contributed by atoms with van der Waals surface area (Å²) in [6, 6.07) is 7.98. The Hall–Kier alpha value is -2.15. The van der Waals surface area contributed by atoms with Gasteiger partial charge in [0.2, 0.25) is 11.8 Å². The molecule has 0 atom stereocenters. The molecule has 28 heavy (non-hydrogen) atoms. The van der Waals surface area contributed by atoms with Gasteiger partial charge in [-0.3, -0.25) is 9.59 Å². The molecule has 1 aromatic rings. The molecule has 2 rings (SSSR count). The Bertz CT molecular complexity index is 667. The number of nitrogens with zero attached hydrogens (tertiary/aromatic N) is 2. The third-order valence-corrected chi connectivity index (χ3v) is 4.92. The summed E-state index contributed by atoms with van der Waals surface area (Å²) in [6.07, 6.45) is 2.95. The van der Waals surface area contributed by atoms with Gasteiger partial charge < -0.3 is 20.4 Å². The molecule has 0 radical (unpaired) electrons. The number of hydrogen-bond acceptors (Lipinski definition) is 4. The molecule has 6 nitrogen and oxygen atoms in total. The number of anilines is 2. The van der Waals surface area contributed by atoms with Gasteiger partial charge in [0.25, 0.3) is 0 Å². The first-order valence-electron chi connectivity index (χ1n) is 10.1. The summed E-state index contributed by atoms with van der Waals surface area (Å²) in [5.41, 5.74) is 1.97. The highest BCUT2D eigenvalue weighted by Crippen LogP contribution is 2.20. The minimum Gasteiger partial charge on any atom is -0.368 e. The van der Waals surface area contributed by atoms with Crippen LogP contribution in [0.15, 0.2) is 24.3 Å². The van der Waals surface area contributed by atoms with Crippen LogP contribution in [-0.4, -0.2) is 48.0 Å². The zero-order valence-electron chi connectivity index (χ0n) is 17.2. The highest BCUT2D eigenvalue weighted by atomic mass is 32.1. The van der Waals surface area contributed by atoms with Crippen molar-refractivity contribution in [3.05, 3.63) is 24.3 Å². The van der Waals surface area contributed by atoms with E-state index in [-0.39, 0.29) is 11.8 Å². The first kappa shape index (κ1) is 22.1. The van der Waals surface area contributed by atoms with E-state index in [4.69, 9.17) is 12.2 Å². The van der Waals surface area contributed by atoms with Gasteiger partial charge in [-0.15, -0.1) is 0 Å². The van der Waals surface area contributed by atoms with Crippen molar-refractivity contribution < 1.29 is 9.59 Å². The molecule has 0 bridgehead atoms. The summed E-state index contributed by atoms with van der Waals surface area (Å²) in [6.45, 7) is 9.40. The second kappa shape index (κ2) is 11.0. The van der Waals surface area contributed by atoms with Crippen molar-refractivity contribution in [1.82, 2.24) is 10.2 Å². The predicted molar refractivity (Wildman–Crippen MR) is 119 cm³/mol. The molecular formula is C21H32N4O2S. The van der Waals surface area contributed by atoms with Gasteiger partial charge >= 0.3 is 0 Å². The predicted octanol–water partition coefficient (Wildman–Crippen LogP) is 3.38. The molecule has 1 fully saturated rings. The Morgan fingerprint density at radius 1 is 1.11 bits per heavy atom. The summed E-state index contributed by atoms with van der Waals surface area (Å²) in [5, 5.41) is 6.08. The van der Waals surface area contributed by atoms with Crippen molar-refractivity contribution in [2.24, 2.45) is 5.92 Å². The summed E-state index contributed by atoms with van der Waals surface area (Å²) >= 11 is 5.20. The maximum absolute atomic E-state index is 12.2. The highest BCUT2D eigenvalue weighted by Gasteiger charge is 2.21. The number of amides is 2. The molecule has 0 spiro atoms. The smallest absolute Gasteiger partial charge is 0.226 e. The number of rotatable bonds is 7. The number of carbonyl (C=O) groups is 2. The van der Waals surface area contributed by atoms with Gasteiger partial charge in [-0.2, -0.15) is 0 Å². The van der Waals surface area contributed by atoms with Crippen LogP contribution in [-0.2, 0) is 9.59 Å². The Morgan fingerprint density at radius 3 is 2.32 bits per heavy atom. The average molecular weight is 405 g/mol. The van der Waals surface area contributed by atoms with E-state index in [1.807, 2.05) is 29.2 Å². The maximum Gasteiger partial charge on any atom is 0.226 e. The van der Waals surface area contributed by atoms with Crippen LogP contribution in [0.3, 0.4) is 0 Å². The molecule has 0 aliphatic carbocycles. The van der Waals surface area contributed by atoms with Crippen molar-refractivity contribution in [2.45, 2.75) is 46.5 Å². The first-order chi connectivity index (χ1) is 13.4. The second-order valence-electron chi connectivity index (χ2n) is 7.62. The molecule has 1 aromatic carbocycles. The van der Waals surface area contributed by atoms with Crippen LogP contribution < -0.4 is 15.5 Å². The molecule has 154 valence electrons. The largest absolute Gasteiger partial charge is 0.368 e. The number of unbranched alkanes of at least 4 members (excludes halogenated alkanes) is 1. The summed E-state index contributed by atoms with van der Waals surface area (Å²) in [5.74, 6) is 0.595. The number of piperazine rings is 1. The lowest BCUT2D eigenvalue weighted by molar-refractivity contribution is -0.132. The molecule has 2 N–H and O–H groups in total. The van der Waals surface area contributed by atoms with E-state index < -0.39 is 0 Å². The Labute approximate surface area is 173 Å². The van der Waals surface area contributed by atoms with Crippen molar-refractivity contribution >= 4 is 40.5 Å². The fraction of sp³-hybridized carbons (Fsp3) is 0.571. The molecule has 1 aliphatic rings. The van der Waals surface area contributed by atoms with Gasteiger partial charge in [-0.1, -0.05) is 27.2 Å². The number of nitrogens with one attached hydrogen (secondary N) is 2. The molecule has 1 aliphatic heterocycles. The molecular weight excluding hydrogens is 372 g/mol. The van der Waals surface area contributed by atoms with Crippen molar-refractivity contribution in [3.8, 4) is 0 Å². The zero-order chi connectivity index (χ0) is 20.5. The minimum absolute atomic E-state index is 0.0548. The molecule has 2 amide bonds. The number of thiocarbonyl (C=S) groups is 1. The molecule has 0 aromatic heterocycles. The topological polar surface area (TPSA) is 64.7 Å². The van der Waals surface area contributed by atoms with E-state index in [9.17, 15) is 9.59 Å². The van der Waals surface area contributed by atoms with Crippen molar-refractivity contribution in [3.63, 3.8) is 0 Å². The Kier molecular flexibility index (Phi) is 8.70. The van der Waals surface area contributed by atoms with Gasteiger partial charge in [0.15, 0.2) is 5.11 Å². The minimum atomic E-state index is -0.0548. The standard InChI is InChI=1S/C21H32N4O2S/c1-4-5-6-19(26)23-21(28)22-17-7-9-18(10-8-17)24-11-13-25(14-12-24)20(27)15-16(2)3/h7-10,16H,4-6,11-15H2,1-3H3,(H2,22,23,26,28). The van der Waals surface area contributed by atoms with E-state index >= 15 is 0 Å². The lowest BCUT2D eigenvalue weighted by Crippen LogP contribution is -2.49. The van der Waals surface area contributed by atoms with Gasteiger partial charge in [0, 0.05) is 50.4 Å². The summed E-state index contributed by atoms with van der Waals surface area (Å²) < 4.78 is 0. The van der Waals surface area contributed by atoms with E-state index in [0.29, 0.717) is 23.9 Å². The van der Waals surface area contributed by atoms with E-state index in [2.05, 4.69) is 36.3 Å². The van der Waals surface area contributed by atoms with Crippen LogP contribution in [0.4, 0.5) is 11.4 Å². The molecule has 1 saturated heterocycles. The lowest BCUT2D eigenvalue weighted by Gasteiger charge is -2.36. The third kappa shape index (κ3) is 7.11. The molecule has 0 saturated carbocycles. The molecule has 0 unspecified atom stereocenters. The Balaban J connectivity index is 1.80. The SMILES string of the molecule is CCCCC(=O)NC(=S)Nc1ccc(N2CCN(C(=O)CC(C)C)CC2)cc1. The van der Waals surface area contributed by atoms with Crippen LogP contribution in [0, 0.1) is 5.92 Å². The van der Waals surface area contributed by atoms with E-state index in [1.165, 1.54) is 0 Å². The first-order valence-corrected chi connectivity index (χ1v) is 10.5. The highest BCUT2D eigenvalue weighted by molar-refractivity contribution is 7.80. The van der Waals surface area contributed by atoms with Gasteiger partial charge in [0.1, 0.15) is 0 Å². The second-order valence-corrected chi connectivity index (χ2v) is 8.03. The van der Waals surface area contributed by atoms with Gasteiger partial charge in [-0.05, 0) is 48.8 Å². The monoisotopic (exact) mass is 404 g/mol. The number of hydrogen-bond donors (Lipinski definition) is 2. The third-order valence-electron chi connectivity index (χ3n) is 4.72. The zero-order valence-corrected chi connectivity index (χ0v) is 18.0. The normalized spacial score (nSPS) is 14.1. The van der Waals surface area contributed by atoms with Crippen LogP contribution in [0.1, 0.15) is 46.5 Å². The van der Waals surface area contributed by atoms with E-state index in [1.54, 1.807) is 0 Å². The fourth-order valence-electron chi connectivity index (χ4n) is 3.14. The number of carbonyl (C=O) groups excluding carboxylic acids is 2. The van der Waals surface area contributed by atoms with Crippen molar-refractivity contribution in [1.29, 1.82) is 0 Å². The van der Waals surface area contributed by atoms with Crippen molar-refractivity contribution in [2.75, 3.05) is 36.4 Å². The van der Waals surface area contributed by atoms with E-state index in [0.717, 1.165) is 50.4 Å². The average Bonchev–Trinajstić information content (AvgIpc) is 2.66. The van der Waals surface area contributed by atoms with Crippen LogP contribution in [0.2, 0.25) is 0 Å². The van der Waals surface area contributed by atoms with Crippen LogP contribution in [0.5, 0.6) is 0 Å². The quantitative estimate of drug-likeness (QED) is 0.682. The van der Waals surface area contributed by atoms with Crippen LogP contribution in [0.25, 0.3) is 0 Å². The fourth-order valence-corrected chi connectivity index (χ4v) is 3.37. The summed E-state index contributed by atoms with van der Waals surface area (Å²) in [7, 11) is 0. The lowest BCUT2D eigenvalue weighted by atomic mass is 10.1. The molecule has 7 heteroatoms. The van der Waals surface area contributed by atoms with Crippen LogP contribution >= 0.6 is 12.2 Å². The molecule has 1 heterocycles. The Morgan fingerprint density at radius 2 is 1.75 bits per heavy atom. The summed E-state index contributed by atoms with van der Waals surface area (Å²) in [4.78, 5) is 28.2.